The molecule has 41 heavy (non-hydrogen) atoms. The van der Waals surface area contributed by atoms with Crippen LogP contribution < -0.4 is 24.4 Å². The summed E-state index contributed by atoms with van der Waals surface area (Å²) in [4.78, 5) is 12.3. The average Bonchev–Trinajstić information content (AvgIpc) is 2.97. The molecule has 4 aromatic rings. The molecule has 1 N–H and O–H groups in total. The standard InChI is InChI=1S/C32H30Br2N2O5/c1-3-38-29-17-23(10-15-28(29)40-20-22-8-6-5-7-9-22)21-41-31-27(34)16-24(18-30(31)39-4-2)19-35-36-32(37)25-11-13-26(33)14-12-25/h5-19H,3-4,20-21H2,1-2H3,(H,36,37)/b35-19+. The summed E-state index contributed by atoms with van der Waals surface area (Å²) in [6, 6.07) is 26.5. The van der Waals surface area contributed by atoms with Crippen molar-refractivity contribution in [1.82, 2.24) is 5.43 Å². The van der Waals surface area contributed by atoms with E-state index in [1.165, 1.54) is 0 Å². The quantitative estimate of drug-likeness (QED) is 0.115. The summed E-state index contributed by atoms with van der Waals surface area (Å²) in [6.07, 6.45) is 1.55. The molecule has 0 aliphatic heterocycles. The number of nitrogens with one attached hydrogen (secondary N) is 1. The van der Waals surface area contributed by atoms with Crippen LogP contribution in [0.25, 0.3) is 0 Å². The van der Waals surface area contributed by atoms with Crippen LogP contribution in [-0.2, 0) is 13.2 Å². The molecule has 0 aliphatic rings. The fourth-order valence-corrected chi connectivity index (χ4v) is 4.66. The largest absolute Gasteiger partial charge is 0.490 e. The third-order valence-electron chi connectivity index (χ3n) is 5.75. The van der Waals surface area contributed by atoms with Crippen molar-refractivity contribution in [3.8, 4) is 23.0 Å². The van der Waals surface area contributed by atoms with Gasteiger partial charge in [-0.05, 0) is 95.0 Å². The van der Waals surface area contributed by atoms with Crippen LogP contribution in [0.2, 0.25) is 0 Å². The number of hydrogen-bond acceptors (Lipinski definition) is 6. The van der Waals surface area contributed by atoms with E-state index in [0.717, 1.165) is 21.2 Å². The summed E-state index contributed by atoms with van der Waals surface area (Å²) >= 11 is 6.96. The number of ether oxygens (including phenoxy) is 4. The van der Waals surface area contributed by atoms with Gasteiger partial charge in [0.2, 0.25) is 0 Å². The summed E-state index contributed by atoms with van der Waals surface area (Å²) < 4.78 is 25.5. The minimum atomic E-state index is -0.305. The molecule has 0 saturated carbocycles. The number of amides is 1. The Morgan fingerprint density at radius 3 is 2.20 bits per heavy atom. The van der Waals surface area contributed by atoms with Gasteiger partial charge in [0.05, 0.1) is 23.9 Å². The molecule has 0 fully saturated rings. The molecule has 0 heterocycles. The summed E-state index contributed by atoms with van der Waals surface area (Å²) in [5.41, 5.74) is 5.77. The maximum Gasteiger partial charge on any atom is 0.271 e. The highest BCUT2D eigenvalue weighted by molar-refractivity contribution is 9.10. The van der Waals surface area contributed by atoms with Crippen LogP contribution in [0, 0.1) is 0 Å². The first-order valence-corrected chi connectivity index (χ1v) is 14.7. The number of rotatable bonds is 13. The molecule has 7 nitrogen and oxygen atoms in total. The minimum Gasteiger partial charge on any atom is -0.490 e. The van der Waals surface area contributed by atoms with E-state index in [2.05, 4.69) is 42.4 Å². The van der Waals surface area contributed by atoms with Crippen LogP contribution in [0.1, 0.15) is 40.9 Å². The molecule has 1 amide bonds. The van der Waals surface area contributed by atoms with Crippen molar-refractivity contribution < 1.29 is 23.7 Å². The van der Waals surface area contributed by atoms with E-state index in [1.807, 2.05) is 74.5 Å². The Bertz CT molecular complexity index is 1480. The molecular formula is C32H30Br2N2O5. The van der Waals surface area contributed by atoms with Gasteiger partial charge in [0.25, 0.3) is 5.91 Å². The molecule has 0 unspecified atom stereocenters. The van der Waals surface area contributed by atoms with Crippen LogP contribution in [0.15, 0.2) is 99.0 Å². The van der Waals surface area contributed by atoms with Crippen molar-refractivity contribution in [3.63, 3.8) is 0 Å². The van der Waals surface area contributed by atoms with Crippen LogP contribution >= 0.6 is 31.9 Å². The van der Waals surface area contributed by atoms with Crippen molar-refractivity contribution in [3.05, 3.63) is 116 Å². The molecule has 4 rings (SSSR count). The first-order valence-electron chi connectivity index (χ1n) is 13.1. The van der Waals surface area contributed by atoms with Crippen molar-refractivity contribution in [2.75, 3.05) is 13.2 Å². The van der Waals surface area contributed by atoms with Crippen LogP contribution in [0.3, 0.4) is 0 Å². The number of benzene rings is 4. The van der Waals surface area contributed by atoms with Gasteiger partial charge < -0.3 is 18.9 Å². The second kappa shape index (κ2) is 15.3. The highest BCUT2D eigenvalue weighted by atomic mass is 79.9. The smallest absolute Gasteiger partial charge is 0.271 e. The van der Waals surface area contributed by atoms with Gasteiger partial charge in [-0.25, -0.2) is 5.43 Å². The van der Waals surface area contributed by atoms with E-state index in [4.69, 9.17) is 18.9 Å². The third kappa shape index (κ3) is 8.83. The van der Waals surface area contributed by atoms with E-state index in [9.17, 15) is 4.79 Å². The van der Waals surface area contributed by atoms with Gasteiger partial charge in [0.1, 0.15) is 13.2 Å². The topological polar surface area (TPSA) is 78.4 Å². The number of halogens is 2. The third-order valence-corrected chi connectivity index (χ3v) is 6.86. The van der Waals surface area contributed by atoms with Crippen molar-refractivity contribution in [2.24, 2.45) is 5.10 Å². The summed E-state index contributed by atoms with van der Waals surface area (Å²) in [5.74, 6) is 2.14. The van der Waals surface area contributed by atoms with Gasteiger partial charge in [-0.3, -0.25) is 4.79 Å². The molecule has 0 aromatic heterocycles. The first-order chi connectivity index (χ1) is 20.0. The van der Waals surface area contributed by atoms with Crippen LogP contribution in [0.5, 0.6) is 23.0 Å². The zero-order valence-electron chi connectivity index (χ0n) is 22.7. The number of carbonyl (C=O) groups excluding carboxylic acids is 1. The predicted octanol–water partition coefficient (Wildman–Crippen LogP) is 7.93. The minimum absolute atomic E-state index is 0.286. The number of hydrogen-bond donors (Lipinski definition) is 1. The molecule has 0 saturated heterocycles. The Hall–Kier alpha value is -3.82. The number of nitrogens with zero attached hydrogens (tertiary/aromatic N) is 1. The lowest BCUT2D eigenvalue weighted by atomic mass is 10.2. The molecule has 0 radical (unpaired) electrons. The number of carbonyl (C=O) groups is 1. The van der Waals surface area contributed by atoms with Gasteiger partial charge in [-0.1, -0.05) is 52.3 Å². The Kier molecular flexibility index (Phi) is 11.2. The SMILES string of the molecule is CCOc1cc(COc2c(Br)cc(/C=N/NC(=O)c3ccc(Br)cc3)cc2OCC)ccc1OCc1ccccc1. The van der Waals surface area contributed by atoms with Crippen LogP contribution in [-0.4, -0.2) is 25.3 Å². The second-order valence-electron chi connectivity index (χ2n) is 8.75. The van der Waals surface area contributed by atoms with E-state index >= 15 is 0 Å². The molecule has 0 atom stereocenters. The molecule has 0 spiro atoms. The summed E-state index contributed by atoms with van der Waals surface area (Å²) in [5, 5.41) is 4.10. The first kappa shape index (κ1) is 30.1. The lowest BCUT2D eigenvalue weighted by Gasteiger charge is -2.16. The van der Waals surface area contributed by atoms with E-state index in [0.29, 0.717) is 52.9 Å². The van der Waals surface area contributed by atoms with Gasteiger partial charge in [0.15, 0.2) is 23.0 Å². The fourth-order valence-electron chi connectivity index (χ4n) is 3.82. The Morgan fingerprint density at radius 2 is 1.46 bits per heavy atom. The van der Waals surface area contributed by atoms with E-state index in [1.54, 1.807) is 30.5 Å². The van der Waals surface area contributed by atoms with E-state index < -0.39 is 0 Å². The molecule has 4 aromatic carbocycles. The summed E-state index contributed by atoms with van der Waals surface area (Å²) in [6.45, 7) is 5.54. The maximum absolute atomic E-state index is 12.3. The van der Waals surface area contributed by atoms with Crippen molar-refractivity contribution in [1.29, 1.82) is 0 Å². The Balaban J connectivity index is 1.43. The van der Waals surface area contributed by atoms with Gasteiger partial charge >= 0.3 is 0 Å². The normalized spacial score (nSPS) is 10.8. The maximum atomic E-state index is 12.3. The average molecular weight is 682 g/mol. The zero-order chi connectivity index (χ0) is 29.0. The molecule has 212 valence electrons. The molecular weight excluding hydrogens is 652 g/mol. The highest BCUT2D eigenvalue weighted by Gasteiger charge is 2.14. The highest BCUT2D eigenvalue weighted by Crippen LogP contribution is 2.38. The van der Waals surface area contributed by atoms with Gasteiger partial charge in [-0.2, -0.15) is 5.10 Å². The Morgan fingerprint density at radius 1 is 0.756 bits per heavy atom. The van der Waals surface area contributed by atoms with Crippen molar-refractivity contribution >= 4 is 44.0 Å². The lowest BCUT2D eigenvalue weighted by Crippen LogP contribution is -2.17. The summed E-state index contributed by atoms with van der Waals surface area (Å²) in [7, 11) is 0. The monoisotopic (exact) mass is 680 g/mol. The van der Waals surface area contributed by atoms with E-state index in [-0.39, 0.29) is 12.5 Å². The number of hydrazone groups is 1. The van der Waals surface area contributed by atoms with Gasteiger partial charge in [-0.15, -0.1) is 0 Å². The second-order valence-corrected chi connectivity index (χ2v) is 10.5. The molecule has 0 aliphatic carbocycles. The molecule has 0 bridgehead atoms. The zero-order valence-corrected chi connectivity index (χ0v) is 25.9. The molecule has 9 heteroatoms. The predicted molar refractivity (Wildman–Crippen MR) is 167 cm³/mol. The van der Waals surface area contributed by atoms with Gasteiger partial charge in [0, 0.05) is 10.0 Å². The fraction of sp³-hybridized carbons (Fsp3) is 0.188. The Labute approximate surface area is 256 Å². The van der Waals surface area contributed by atoms with Crippen molar-refractivity contribution in [2.45, 2.75) is 27.1 Å². The van der Waals surface area contributed by atoms with Crippen LogP contribution in [0.4, 0.5) is 0 Å². The lowest BCUT2D eigenvalue weighted by molar-refractivity contribution is 0.0955.